The Morgan fingerprint density at radius 1 is 0.733 bits per heavy atom. The minimum Gasteiger partial charge on any atom is -0.317 e. The predicted octanol–water partition coefficient (Wildman–Crippen LogP) is 2.95. The zero-order valence-electron chi connectivity index (χ0n) is 8.72. The van der Waals surface area contributed by atoms with Crippen molar-refractivity contribution in [3.63, 3.8) is 0 Å². The molecule has 0 bridgehead atoms. The molecular weight excluding hydrogens is 186 g/mol. The third kappa shape index (κ3) is 3.94. The lowest BCUT2D eigenvalue weighted by molar-refractivity contribution is 0.194. The van der Waals surface area contributed by atoms with Crippen molar-refractivity contribution in [2.75, 3.05) is 7.05 Å². The molecule has 2 nitrogen and oxygen atoms in total. The summed E-state index contributed by atoms with van der Waals surface area (Å²) in [4.78, 5) is 0. The van der Waals surface area contributed by atoms with Crippen molar-refractivity contribution < 1.29 is 5.21 Å². The molecule has 2 heteroatoms. The summed E-state index contributed by atoms with van der Waals surface area (Å²) in [5, 5.41) is 7.32. The van der Waals surface area contributed by atoms with Gasteiger partial charge < -0.3 is 5.21 Å². The SMILES string of the molecule is CNO.c1ccc(-c2ccccc2)cc1. The van der Waals surface area contributed by atoms with Gasteiger partial charge in [-0.3, -0.25) is 0 Å². The maximum atomic E-state index is 7.32. The van der Waals surface area contributed by atoms with Gasteiger partial charge in [-0.15, -0.1) is 0 Å². The Bertz CT molecular complexity index is 321. The zero-order valence-corrected chi connectivity index (χ0v) is 8.72. The highest BCUT2D eigenvalue weighted by Gasteiger charge is 1.91. The van der Waals surface area contributed by atoms with Gasteiger partial charge in [-0.05, 0) is 11.1 Å². The maximum absolute atomic E-state index is 7.32. The second kappa shape index (κ2) is 6.76. The third-order valence-corrected chi connectivity index (χ3v) is 1.88. The van der Waals surface area contributed by atoms with Crippen LogP contribution in [-0.4, -0.2) is 12.3 Å². The largest absolute Gasteiger partial charge is 0.317 e. The summed E-state index contributed by atoms with van der Waals surface area (Å²) in [6.45, 7) is 0. The van der Waals surface area contributed by atoms with Crippen molar-refractivity contribution in [2.24, 2.45) is 0 Å². The molecule has 15 heavy (non-hydrogen) atoms. The fraction of sp³-hybridized carbons (Fsp3) is 0.0769. The lowest BCUT2D eigenvalue weighted by Crippen LogP contribution is -1.91. The number of nitrogens with one attached hydrogen (secondary N) is 1. The summed E-state index contributed by atoms with van der Waals surface area (Å²) in [6, 6.07) is 20.8. The van der Waals surface area contributed by atoms with E-state index in [1.54, 1.807) is 5.48 Å². The Balaban J connectivity index is 0.000000337. The Morgan fingerprint density at radius 2 is 1.00 bits per heavy atom. The van der Waals surface area contributed by atoms with Gasteiger partial charge in [0, 0.05) is 7.05 Å². The second-order valence-corrected chi connectivity index (χ2v) is 2.96. The number of rotatable bonds is 1. The molecule has 0 unspecified atom stereocenters. The van der Waals surface area contributed by atoms with E-state index in [0.717, 1.165) is 0 Å². The normalized spacial score (nSPS) is 8.93. The molecule has 0 saturated carbocycles. The van der Waals surface area contributed by atoms with Gasteiger partial charge in [0.25, 0.3) is 0 Å². The van der Waals surface area contributed by atoms with Crippen LogP contribution in [0.4, 0.5) is 0 Å². The lowest BCUT2D eigenvalue weighted by Gasteiger charge is -1.98. The molecule has 78 valence electrons. The number of hydrogen-bond donors (Lipinski definition) is 2. The van der Waals surface area contributed by atoms with Crippen LogP contribution in [0.2, 0.25) is 0 Å². The molecule has 2 aromatic rings. The first kappa shape index (κ1) is 11.4. The van der Waals surface area contributed by atoms with Crippen LogP contribution in [0.1, 0.15) is 0 Å². The number of benzene rings is 2. The van der Waals surface area contributed by atoms with Crippen molar-refractivity contribution in [3.05, 3.63) is 60.7 Å². The van der Waals surface area contributed by atoms with E-state index in [0.29, 0.717) is 0 Å². The van der Waals surface area contributed by atoms with Crippen molar-refractivity contribution in [2.45, 2.75) is 0 Å². The Morgan fingerprint density at radius 3 is 1.27 bits per heavy atom. The zero-order chi connectivity index (χ0) is 10.9. The van der Waals surface area contributed by atoms with Gasteiger partial charge in [0.05, 0.1) is 0 Å². The first-order valence-electron chi connectivity index (χ1n) is 4.79. The van der Waals surface area contributed by atoms with E-state index >= 15 is 0 Å². The van der Waals surface area contributed by atoms with Crippen LogP contribution >= 0.6 is 0 Å². The monoisotopic (exact) mass is 201 g/mol. The fourth-order valence-corrected chi connectivity index (χ4v) is 1.26. The lowest BCUT2D eigenvalue weighted by atomic mass is 10.1. The molecule has 2 aromatic carbocycles. The third-order valence-electron chi connectivity index (χ3n) is 1.88. The van der Waals surface area contributed by atoms with E-state index in [4.69, 9.17) is 5.21 Å². The van der Waals surface area contributed by atoms with Crippen molar-refractivity contribution in [1.82, 2.24) is 5.48 Å². The van der Waals surface area contributed by atoms with Gasteiger partial charge in [-0.1, -0.05) is 60.7 Å². The molecule has 0 heterocycles. The van der Waals surface area contributed by atoms with E-state index in [1.807, 2.05) is 12.1 Å². The molecular formula is C13H15NO. The van der Waals surface area contributed by atoms with E-state index in [2.05, 4.69) is 48.5 Å². The number of hydroxylamine groups is 1. The van der Waals surface area contributed by atoms with Crippen molar-refractivity contribution >= 4 is 0 Å². The van der Waals surface area contributed by atoms with Gasteiger partial charge in [0.15, 0.2) is 0 Å². The van der Waals surface area contributed by atoms with Crippen LogP contribution in [0, 0.1) is 0 Å². The quantitative estimate of drug-likeness (QED) is 0.695. The van der Waals surface area contributed by atoms with E-state index < -0.39 is 0 Å². The van der Waals surface area contributed by atoms with Crippen LogP contribution in [0.25, 0.3) is 11.1 Å². The summed E-state index contributed by atoms with van der Waals surface area (Å²) in [6.07, 6.45) is 0. The van der Waals surface area contributed by atoms with Crippen LogP contribution in [0.15, 0.2) is 60.7 Å². The smallest absolute Gasteiger partial charge is 0.00929 e. The molecule has 0 atom stereocenters. The van der Waals surface area contributed by atoms with Crippen LogP contribution in [0.3, 0.4) is 0 Å². The average molecular weight is 201 g/mol. The van der Waals surface area contributed by atoms with Gasteiger partial charge in [0.1, 0.15) is 0 Å². The summed E-state index contributed by atoms with van der Waals surface area (Å²) < 4.78 is 0. The van der Waals surface area contributed by atoms with Gasteiger partial charge in [0.2, 0.25) is 0 Å². The molecule has 0 aliphatic carbocycles. The Labute approximate surface area is 90.2 Å². The first-order valence-corrected chi connectivity index (χ1v) is 4.79. The standard InChI is InChI=1S/C12H10.CH5NO/c1-3-7-11(8-4-1)12-9-5-2-6-10-12;1-2-3/h1-10H;2-3H,1H3. The Hall–Kier alpha value is -1.64. The minimum absolute atomic E-state index is 1.28. The predicted molar refractivity (Wildman–Crippen MR) is 62.7 cm³/mol. The molecule has 0 aliphatic heterocycles. The molecule has 0 amide bonds. The molecule has 2 N–H and O–H groups in total. The summed E-state index contributed by atoms with van der Waals surface area (Å²) in [5.41, 5.74) is 4.30. The van der Waals surface area contributed by atoms with Crippen molar-refractivity contribution in [3.8, 4) is 11.1 Å². The highest BCUT2D eigenvalue weighted by atomic mass is 16.5. The highest BCUT2D eigenvalue weighted by Crippen LogP contribution is 2.17. The molecule has 0 spiro atoms. The van der Waals surface area contributed by atoms with Gasteiger partial charge in [-0.2, -0.15) is 0 Å². The molecule has 0 fully saturated rings. The summed E-state index contributed by atoms with van der Waals surface area (Å²) >= 11 is 0. The molecule has 0 radical (unpaired) electrons. The topological polar surface area (TPSA) is 32.3 Å². The van der Waals surface area contributed by atoms with E-state index in [1.165, 1.54) is 18.2 Å². The first-order chi connectivity index (χ1) is 7.38. The summed E-state index contributed by atoms with van der Waals surface area (Å²) in [5.74, 6) is 0. The molecule has 0 aromatic heterocycles. The maximum Gasteiger partial charge on any atom is 0.00929 e. The van der Waals surface area contributed by atoms with E-state index in [9.17, 15) is 0 Å². The average Bonchev–Trinajstić information content (AvgIpc) is 2.32. The summed E-state index contributed by atoms with van der Waals surface area (Å²) in [7, 11) is 1.43. The second-order valence-electron chi connectivity index (χ2n) is 2.96. The van der Waals surface area contributed by atoms with E-state index in [-0.39, 0.29) is 0 Å². The highest BCUT2D eigenvalue weighted by molar-refractivity contribution is 5.62. The van der Waals surface area contributed by atoms with Gasteiger partial charge >= 0.3 is 0 Å². The van der Waals surface area contributed by atoms with Crippen LogP contribution < -0.4 is 5.48 Å². The van der Waals surface area contributed by atoms with Crippen LogP contribution in [0.5, 0.6) is 0 Å². The number of hydrogen-bond acceptors (Lipinski definition) is 2. The molecule has 0 aliphatic rings. The Kier molecular flexibility index (Phi) is 5.15. The van der Waals surface area contributed by atoms with Crippen molar-refractivity contribution in [1.29, 1.82) is 0 Å². The molecule has 0 saturated heterocycles. The van der Waals surface area contributed by atoms with Gasteiger partial charge in [-0.25, -0.2) is 5.48 Å². The van der Waals surface area contributed by atoms with Crippen LogP contribution in [-0.2, 0) is 0 Å². The minimum atomic E-state index is 1.28. The molecule has 2 rings (SSSR count). The fourth-order valence-electron chi connectivity index (χ4n) is 1.26.